The molecule has 1 fully saturated rings. The normalized spacial score (nSPS) is 18.9. The second-order valence-corrected chi connectivity index (χ2v) is 5.01. The Hall–Kier alpha value is -1.21. The lowest BCUT2D eigenvalue weighted by Gasteiger charge is -2.11. The van der Waals surface area contributed by atoms with E-state index in [9.17, 15) is 14.5 Å². The summed E-state index contributed by atoms with van der Waals surface area (Å²) in [4.78, 5) is 10.2. The fourth-order valence-electron chi connectivity index (χ4n) is 1.83. The van der Waals surface area contributed by atoms with E-state index in [0.717, 1.165) is 19.1 Å². The maximum Gasteiger partial charge on any atom is 0.295 e. The van der Waals surface area contributed by atoms with Crippen LogP contribution in [0.15, 0.2) is 16.6 Å². The Morgan fingerprint density at radius 2 is 2.39 bits per heavy atom. The van der Waals surface area contributed by atoms with E-state index < -0.39 is 10.7 Å². The molecule has 1 atom stereocenters. The largest absolute Gasteiger partial charge is 0.381 e. The number of halogens is 2. The first-order valence-corrected chi connectivity index (χ1v) is 6.32. The number of nitrogens with zero attached hydrogens (tertiary/aromatic N) is 1. The summed E-state index contributed by atoms with van der Waals surface area (Å²) in [7, 11) is 0. The Balaban J connectivity index is 2.14. The molecule has 7 heteroatoms. The van der Waals surface area contributed by atoms with Crippen molar-refractivity contribution >= 4 is 27.3 Å². The fourth-order valence-corrected chi connectivity index (χ4v) is 2.17. The number of nitrogens with one attached hydrogen (secondary N) is 1. The van der Waals surface area contributed by atoms with Gasteiger partial charge in [0.2, 0.25) is 0 Å². The minimum Gasteiger partial charge on any atom is -0.381 e. The molecule has 0 aromatic heterocycles. The zero-order valence-corrected chi connectivity index (χ0v) is 11.1. The second-order valence-electron chi connectivity index (χ2n) is 4.15. The summed E-state index contributed by atoms with van der Waals surface area (Å²) in [5.41, 5.74) is 0.0646. The van der Waals surface area contributed by atoms with Crippen LogP contribution in [0, 0.1) is 21.8 Å². The Kier molecular flexibility index (Phi) is 4.13. The third-order valence-electron chi connectivity index (χ3n) is 2.84. The van der Waals surface area contributed by atoms with Crippen LogP contribution in [-0.4, -0.2) is 24.7 Å². The summed E-state index contributed by atoms with van der Waals surface area (Å²) in [6.07, 6.45) is 0.934. The van der Waals surface area contributed by atoms with E-state index in [2.05, 4.69) is 21.2 Å². The molecule has 0 aliphatic carbocycles. The molecule has 0 amide bonds. The number of rotatable bonds is 4. The van der Waals surface area contributed by atoms with Crippen LogP contribution >= 0.6 is 15.9 Å². The van der Waals surface area contributed by atoms with E-state index in [0.29, 0.717) is 24.8 Å². The zero-order valence-electron chi connectivity index (χ0n) is 9.49. The summed E-state index contributed by atoms with van der Waals surface area (Å²) in [6.45, 7) is 1.96. The van der Waals surface area contributed by atoms with Crippen molar-refractivity contribution in [3.8, 4) is 0 Å². The molecular formula is C11H12BrFN2O3. The Bertz CT molecular complexity index is 464. The number of anilines is 1. The SMILES string of the molecule is O=[N+]([O-])c1cc(F)c(Br)cc1NCC1CCOC1. The van der Waals surface area contributed by atoms with Crippen LogP contribution in [0.3, 0.4) is 0 Å². The van der Waals surface area contributed by atoms with Gasteiger partial charge >= 0.3 is 0 Å². The molecule has 1 aromatic carbocycles. The number of ether oxygens (including phenoxy) is 1. The monoisotopic (exact) mass is 318 g/mol. The summed E-state index contributed by atoms with van der Waals surface area (Å²) < 4.78 is 18.7. The minimum absolute atomic E-state index is 0.207. The summed E-state index contributed by atoms with van der Waals surface area (Å²) >= 11 is 3.02. The topological polar surface area (TPSA) is 64.4 Å². The Morgan fingerprint density at radius 3 is 3.00 bits per heavy atom. The highest BCUT2D eigenvalue weighted by atomic mass is 79.9. The predicted molar refractivity (Wildman–Crippen MR) is 68.2 cm³/mol. The van der Waals surface area contributed by atoms with Crippen molar-refractivity contribution in [3.05, 3.63) is 32.5 Å². The molecule has 0 bridgehead atoms. The Labute approximate surface area is 112 Å². The molecule has 0 spiro atoms. The smallest absolute Gasteiger partial charge is 0.295 e. The first-order valence-electron chi connectivity index (χ1n) is 5.53. The Morgan fingerprint density at radius 1 is 1.61 bits per heavy atom. The third kappa shape index (κ3) is 2.97. The molecule has 1 heterocycles. The van der Waals surface area contributed by atoms with Crippen molar-refractivity contribution in [2.45, 2.75) is 6.42 Å². The van der Waals surface area contributed by atoms with Gasteiger partial charge in [0.05, 0.1) is 22.1 Å². The standard InChI is InChI=1S/C11H12BrFN2O3/c12-8-3-10(11(15(16)17)4-9(8)13)14-5-7-1-2-18-6-7/h3-4,7,14H,1-2,5-6H2. The van der Waals surface area contributed by atoms with Crippen LogP contribution in [0.25, 0.3) is 0 Å². The van der Waals surface area contributed by atoms with Crippen LogP contribution in [0.2, 0.25) is 0 Å². The van der Waals surface area contributed by atoms with Gasteiger partial charge in [0.15, 0.2) is 0 Å². The lowest BCUT2D eigenvalue weighted by molar-refractivity contribution is -0.384. The fraction of sp³-hybridized carbons (Fsp3) is 0.455. The van der Waals surface area contributed by atoms with E-state index in [4.69, 9.17) is 4.74 Å². The molecule has 98 valence electrons. The number of hydrogen-bond donors (Lipinski definition) is 1. The van der Waals surface area contributed by atoms with Gasteiger partial charge in [-0.3, -0.25) is 10.1 Å². The van der Waals surface area contributed by atoms with Crippen LogP contribution < -0.4 is 5.32 Å². The maximum absolute atomic E-state index is 13.3. The van der Waals surface area contributed by atoms with Crippen molar-refractivity contribution in [3.63, 3.8) is 0 Å². The lowest BCUT2D eigenvalue weighted by atomic mass is 10.1. The number of benzene rings is 1. The van der Waals surface area contributed by atoms with Gasteiger partial charge in [0.25, 0.3) is 5.69 Å². The van der Waals surface area contributed by atoms with E-state index in [1.165, 1.54) is 6.07 Å². The highest BCUT2D eigenvalue weighted by Crippen LogP contribution is 2.30. The molecule has 1 aliphatic rings. The molecule has 0 radical (unpaired) electrons. The van der Waals surface area contributed by atoms with Gasteiger partial charge in [-0.05, 0) is 28.4 Å². The molecule has 5 nitrogen and oxygen atoms in total. The van der Waals surface area contributed by atoms with Gasteiger partial charge in [-0.15, -0.1) is 0 Å². The van der Waals surface area contributed by atoms with E-state index >= 15 is 0 Å². The van der Waals surface area contributed by atoms with Crippen LogP contribution in [-0.2, 0) is 4.74 Å². The van der Waals surface area contributed by atoms with Gasteiger partial charge in [-0.2, -0.15) is 0 Å². The van der Waals surface area contributed by atoms with Crippen molar-refractivity contribution in [2.75, 3.05) is 25.1 Å². The third-order valence-corrected chi connectivity index (χ3v) is 3.45. The number of hydrogen-bond acceptors (Lipinski definition) is 4. The second kappa shape index (κ2) is 5.62. The summed E-state index contributed by atoms with van der Waals surface area (Å²) in [5, 5.41) is 13.8. The number of nitro groups is 1. The van der Waals surface area contributed by atoms with Gasteiger partial charge in [0, 0.05) is 19.1 Å². The van der Waals surface area contributed by atoms with Crippen LogP contribution in [0.4, 0.5) is 15.8 Å². The van der Waals surface area contributed by atoms with E-state index in [1.54, 1.807) is 0 Å². The van der Waals surface area contributed by atoms with Crippen molar-refractivity contribution in [1.82, 2.24) is 0 Å². The maximum atomic E-state index is 13.3. The summed E-state index contributed by atoms with van der Waals surface area (Å²) in [5.74, 6) is -0.301. The van der Waals surface area contributed by atoms with Crippen molar-refractivity contribution in [2.24, 2.45) is 5.92 Å². The zero-order chi connectivity index (χ0) is 13.1. The average molecular weight is 319 g/mol. The molecule has 1 saturated heterocycles. The molecule has 18 heavy (non-hydrogen) atoms. The molecule has 1 N–H and O–H groups in total. The van der Waals surface area contributed by atoms with Gasteiger partial charge < -0.3 is 10.1 Å². The first-order chi connectivity index (χ1) is 8.58. The van der Waals surface area contributed by atoms with Gasteiger partial charge in [-0.1, -0.05) is 0 Å². The minimum atomic E-state index is -0.642. The lowest BCUT2D eigenvalue weighted by Crippen LogP contribution is -2.15. The molecule has 2 rings (SSSR count). The van der Waals surface area contributed by atoms with Crippen LogP contribution in [0.1, 0.15) is 6.42 Å². The molecule has 0 saturated carbocycles. The molecule has 1 unspecified atom stereocenters. The van der Waals surface area contributed by atoms with E-state index in [-0.39, 0.29) is 10.2 Å². The van der Waals surface area contributed by atoms with Crippen molar-refractivity contribution in [1.29, 1.82) is 0 Å². The summed E-state index contributed by atoms with van der Waals surface area (Å²) in [6, 6.07) is 2.31. The van der Waals surface area contributed by atoms with Crippen LogP contribution in [0.5, 0.6) is 0 Å². The van der Waals surface area contributed by atoms with Gasteiger partial charge in [-0.25, -0.2) is 4.39 Å². The first kappa shape index (κ1) is 13.2. The van der Waals surface area contributed by atoms with E-state index in [1.807, 2.05) is 0 Å². The average Bonchev–Trinajstić information content (AvgIpc) is 2.83. The molecular weight excluding hydrogens is 307 g/mol. The number of nitro benzene ring substituents is 1. The highest BCUT2D eigenvalue weighted by molar-refractivity contribution is 9.10. The molecule has 1 aromatic rings. The van der Waals surface area contributed by atoms with Crippen molar-refractivity contribution < 1.29 is 14.1 Å². The highest BCUT2D eigenvalue weighted by Gasteiger charge is 2.20. The predicted octanol–water partition coefficient (Wildman–Crippen LogP) is 2.94. The van der Waals surface area contributed by atoms with Gasteiger partial charge in [0.1, 0.15) is 11.5 Å². The molecule has 1 aliphatic heterocycles. The quantitative estimate of drug-likeness (QED) is 0.684.